The molecule has 0 fully saturated rings. The number of esters is 1. The van der Waals surface area contributed by atoms with Gasteiger partial charge >= 0.3 is 5.97 Å². The second kappa shape index (κ2) is 7.14. The smallest absolute Gasteiger partial charge is 0.306 e. The Kier molecular flexibility index (Phi) is 6.82. The summed E-state index contributed by atoms with van der Waals surface area (Å²) in [5.74, 6) is -0.0545. The van der Waals surface area contributed by atoms with Gasteiger partial charge in [-0.05, 0) is 19.8 Å². The highest BCUT2D eigenvalue weighted by Gasteiger charge is 2.06. The highest BCUT2D eigenvalue weighted by atomic mass is 16.5. The molecule has 0 rings (SSSR count). The number of ether oxygens (including phenoxy) is 1. The van der Waals surface area contributed by atoms with E-state index in [-0.39, 0.29) is 12.1 Å². The van der Waals surface area contributed by atoms with Crippen molar-refractivity contribution in [2.45, 2.75) is 59.0 Å². The highest BCUT2D eigenvalue weighted by molar-refractivity contribution is 5.69. The number of hydrogen-bond donors (Lipinski definition) is 0. The Labute approximate surface area is 75.3 Å². The molecule has 0 N–H and O–H groups in total. The molecule has 0 spiro atoms. The third-order valence-electron chi connectivity index (χ3n) is 1.75. The van der Waals surface area contributed by atoms with Crippen molar-refractivity contribution in [3.05, 3.63) is 0 Å². The zero-order valence-corrected chi connectivity index (χ0v) is 8.43. The predicted molar refractivity (Wildman–Crippen MR) is 50.0 cm³/mol. The van der Waals surface area contributed by atoms with Gasteiger partial charge < -0.3 is 4.74 Å². The van der Waals surface area contributed by atoms with Crippen LogP contribution in [0.3, 0.4) is 0 Å². The summed E-state index contributed by atoms with van der Waals surface area (Å²) in [4.78, 5) is 11.0. The second-order valence-electron chi connectivity index (χ2n) is 3.19. The number of unbranched alkanes of at least 4 members (excludes halogenated alkanes) is 1. The van der Waals surface area contributed by atoms with Crippen LogP contribution in [-0.2, 0) is 9.53 Å². The van der Waals surface area contributed by atoms with Gasteiger partial charge in [0.25, 0.3) is 0 Å². The molecule has 0 aliphatic heterocycles. The Bertz CT molecular complexity index is 121. The molecular formula is C10H20O2. The maximum atomic E-state index is 11.0. The Morgan fingerprint density at radius 3 is 2.50 bits per heavy atom. The summed E-state index contributed by atoms with van der Waals surface area (Å²) >= 11 is 0. The van der Waals surface area contributed by atoms with Crippen molar-refractivity contribution < 1.29 is 9.53 Å². The number of carbonyl (C=O) groups excluding carboxylic acids is 1. The van der Waals surface area contributed by atoms with Crippen LogP contribution < -0.4 is 0 Å². The van der Waals surface area contributed by atoms with Crippen LogP contribution in [-0.4, -0.2) is 12.1 Å². The molecule has 0 saturated heterocycles. The van der Waals surface area contributed by atoms with Gasteiger partial charge in [-0.25, -0.2) is 0 Å². The van der Waals surface area contributed by atoms with Gasteiger partial charge in [0.1, 0.15) is 0 Å². The molecule has 0 radical (unpaired) electrons. The van der Waals surface area contributed by atoms with Crippen LogP contribution >= 0.6 is 0 Å². The standard InChI is InChI=1S/C10H20O2/c1-4-6-8-9(3)12-10(11)7-5-2/h9H,4-8H2,1-3H3/t9-/m1/s1. The van der Waals surface area contributed by atoms with Crippen LogP contribution in [0.25, 0.3) is 0 Å². The first-order chi connectivity index (χ1) is 5.70. The molecule has 0 amide bonds. The van der Waals surface area contributed by atoms with Crippen molar-refractivity contribution in [3.8, 4) is 0 Å². The Hall–Kier alpha value is -0.530. The van der Waals surface area contributed by atoms with Crippen LogP contribution in [0.5, 0.6) is 0 Å². The maximum absolute atomic E-state index is 11.0. The van der Waals surface area contributed by atoms with Crippen LogP contribution in [0.1, 0.15) is 52.9 Å². The van der Waals surface area contributed by atoms with E-state index in [4.69, 9.17) is 4.74 Å². The number of hydrogen-bond acceptors (Lipinski definition) is 2. The van der Waals surface area contributed by atoms with E-state index in [9.17, 15) is 4.79 Å². The number of carbonyl (C=O) groups is 1. The molecule has 0 aromatic carbocycles. The van der Waals surface area contributed by atoms with Crippen LogP contribution in [0.4, 0.5) is 0 Å². The van der Waals surface area contributed by atoms with Crippen molar-refractivity contribution in [1.29, 1.82) is 0 Å². The van der Waals surface area contributed by atoms with Gasteiger partial charge in [0.15, 0.2) is 0 Å². The monoisotopic (exact) mass is 172 g/mol. The lowest BCUT2D eigenvalue weighted by Gasteiger charge is -2.11. The summed E-state index contributed by atoms with van der Waals surface area (Å²) in [7, 11) is 0. The average molecular weight is 172 g/mol. The lowest BCUT2D eigenvalue weighted by atomic mass is 10.2. The summed E-state index contributed by atoms with van der Waals surface area (Å²) in [6.45, 7) is 6.09. The van der Waals surface area contributed by atoms with E-state index in [2.05, 4.69) is 6.92 Å². The molecule has 0 aliphatic carbocycles. The molecule has 0 saturated carbocycles. The minimum absolute atomic E-state index is 0.0545. The quantitative estimate of drug-likeness (QED) is 0.576. The van der Waals surface area contributed by atoms with Crippen molar-refractivity contribution in [2.24, 2.45) is 0 Å². The van der Waals surface area contributed by atoms with E-state index >= 15 is 0 Å². The summed E-state index contributed by atoms with van der Waals surface area (Å²) in [6.07, 6.45) is 4.82. The molecule has 0 aromatic heterocycles. The zero-order chi connectivity index (χ0) is 9.40. The normalized spacial score (nSPS) is 12.6. The van der Waals surface area contributed by atoms with Crippen molar-refractivity contribution in [2.75, 3.05) is 0 Å². The molecule has 1 atom stereocenters. The van der Waals surface area contributed by atoms with Gasteiger partial charge in [-0.15, -0.1) is 0 Å². The van der Waals surface area contributed by atoms with E-state index < -0.39 is 0 Å². The molecular weight excluding hydrogens is 152 g/mol. The zero-order valence-electron chi connectivity index (χ0n) is 8.43. The van der Waals surface area contributed by atoms with Gasteiger partial charge in [0.2, 0.25) is 0 Å². The van der Waals surface area contributed by atoms with Crippen molar-refractivity contribution in [3.63, 3.8) is 0 Å². The van der Waals surface area contributed by atoms with E-state index in [0.717, 1.165) is 25.7 Å². The first-order valence-electron chi connectivity index (χ1n) is 4.90. The van der Waals surface area contributed by atoms with E-state index in [1.165, 1.54) is 0 Å². The van der Waals surface area contributed by atoms with Crippen LogP contribution in [0, 0.1) is 0 Å². The molecule has 0 unspecified atom stereocenters. The molecule has 0 aliphatic rings. The lowest BCUT2D eigenvalue weighted by molar-refractivity contribution is -0.148. The molecule has 2 nitrogen and oxygen atoms in total. The second-order valence-corrected chi connectivity index (χ2v) is 3.19. The van der Waals surface area contributed by atoms with Gasteiger partial charge in [-0.2, -0.15) is 0 Å². The summed E-state index contributed by atoms with van der Waals surface area (Å²) in [5, 5.41) is 0. The first kappa shape index (κ1) is 11.5. The van der Waals surface area contributed by atoms with Gasteiger partial charge in [-0.3, -0.25) is 4.79 Å². The minimum Gasteiger partial charge on any atom is -0.463 e. The fourth-order valence-corrected chi connectivity index (χ4v) is 1.04. The summed E-state index contributed by atoms with van der Waals surface area (Å²) < 4.78 is 5.15. The molecule has 0 heterocycles. The topological polar surface area (TPSA) is 26.3 Å². The van der Waals surface area contributed by atoms with E-state index in [1.807, 2.05) is 13.8 Å². The van der Waals surface area contributed by atoms with E-state index in [0.29, 0.717) is 6.42 Å². The predicted octanol–water partition coefficient (Wildman–Crippen LogP) is 2.91. The fourth-order valence-electron chi connectivity index (χ4n) is 1.04. The number of rotatable bonds is 6. The van der Waals surface area contributed by atoms with Crippen LogP contribution in [0.15, 0.2) is 0 Å². The molecule has 72 valence electrons. The molecule has 12 heavy (non-hydrogen) atoms. The Morgan fingerprint density at radius 2 is 2.00 bits per heavy atom. The fraction of sp³-hybridized carbons (Fsp3) is 0.900. The third-order valence-corrected chi connectivity index (χ3v) is 1.75. The molecule has 0 aromatic rings. The summed E-state index contributed by atoms with van der Waals surface area (Å²) in [5.41, 5.74) is 0. The Morgan fingerprint density at radius 1 is 1.33 bits per heavy atom. The maximum Gasteiger partial charge on any atom is 0.306 e. The van der Waals surface area contributed by atoms with Crippen molar-refractivity contribution >= 4 is 5.97 Å². The van der Waals surface area contributed by atoms with Gasteiger partial charge in [0, 0.05) is 6.42 Å². The highest BCUT2D eigenvalue weighted by Crippen LogP contribution is 2.05. The van der Waals surface area contributed by atoms with E-state index in [1.54, 1.807) is 0 Å². The molecule has 0 bridgehead atoms. The summed E-state index contributed by atoms with van der Waals surface area (Å²) in [6, 6.07) is 0. The van der Waals surface area contributed by atoms with Gasteiger partial charge in [0.05, 0.1) is 6.10 Å². The molecule has 2 heteroatoms. The average Bonchev–Trinajstić information content (AvgIpc) is 2.01. The lowest BCUT2D eigenvalue weighted by Crippen LogP contribution is -2.14. The SMILES string of the molecule is CCCC[C@@H](C)OC(=O)CCC. The van der Waals surface area contributed by atoms with Gasteiger partial charge in [-0.1, -0.05) is 26.7 Å². The largest absolute Gasteiger partial charge is 0.463 e. The van der Waals surface area contributed by atoms with Crippen molar-refractivity contribution in [1.82, 2.24) is 0 Å². The first-order valence-corrected chi connectivity index (χ1v) is 4.90. The third kappa shape index (κ3) is 6.20. The minimum atomic E-state index is -0.0545. The Balaban J connectivity index is 3.40. The van der Waals surface area contributed by atoms with Crippen LogP contribution in [0.2, 0.25) is 0 Å².